The molecule has 2 atom stereocenters. The number of hydrogen-bond acceptors (Lipinski definition) is 6. The molecule has 0 bridgehead atoms. The van der Waals surface area contributed by atoms with E-state index in [1.807, 2.05) is 35.2 Å². The molecule has 178 valence electrons. The SMILES string of the molecule is O=C(O)C(F)(F)F.O=C(c1ccccn1)N1CC[C@H]2OCC[C@@]2(COCc2ccccn2)C1. The van der Waals surface area contributed by atoms with E-state index in [-0.39, 0.29) is 17.4 Å². The smallest absolute Gasteiger partial charge is 0.475 e. The molecule has 1 N–H and O–H groups in total. The fraction of sp³-hybridized carbons (Fsp3) is 0.455. The number of nitrogens with zero attached hydrogens (tertiary/aromatic N) is 3. The number of ether oxygens (including phenoxy) is 2. The summed E-state index contributed by atoms with van der Waals surface area (Å²) in [6.45, 7) is 3.12. The van der Waals surface area contributed by atoms with Crippen LogP contribution in [0, 0.1) is 5.41 Å². The highest BCUT2D eigenvalue weighted by Crippen LogP contribution is 2.41. The Labute approximate surface area is 188 Å². The lowest BCUT2D eigenvalue weighted by atomic mass is 9.77. The van der Waals surface area contributed by atoms with Gasteiger partial charge in [-0.3, -0.25) is 14.8 Å². The molecule has 11 heteroatoms. The predicted molar refractivity (Wildman–Crippen MR) is 109 cm³/mol. The summed E-state index contributed by atoms with van der Waals surface area (Å²) in [5.41, 5.74) is 1.27. The topological polar surface area (TPSA) is 102 Å². The largest absolute Gasteiger partial charge is 0.490 e. The zero-order chi connectivity index (χ0) is 23.9. The highest BCUT2D eigenvalue weighted by Gasteiger charge is 2.49. The third kappa shape index (κ3) is 6.48. The number of piperidine rings is 1. The Morgan fingerprint density at radius 3 is 2.48 bits per heavy atom. The van der Waals surface area contributed by atoms with Crippen LogP contribution in [0.5, 0.6) is 0 Å². The van der Waals surface area contributed by atoms with Gasteiger partial charge in [0.05, 0.1) is 25.0 Å². The van der Waals surface area contributed by atoms with E-state index in [2.05, 4.69) is 9.97 Å². The number of carboxylic acids is 1. The Morgan fingerprint density at radius 2 is 1.88 bits per heavy atom. The monoisotopic (exact) mass is 467 g/mol. The summed E-state index contributed by atoms with van der Waals surface area (Å²) in [4.78, 5) is 32.1. The van der Waals surface area contributed by atoms with Gasteiger partial charge in [0.2, 0.25) is 0 Å². The molecule has 0 spiro atoms. The second-order valence-electron chi connectivity index (χ2n) is 7.82. The van der Waals surface area contributed by atoms with Crippen molar-refractivity contribution < 1.29 is 37.3 Å². The number of carbonyl (C=O) groups excluding carboxylic acids is 1. The Hall–Kier alpha value is -3.05. The van der Waals surface area contributed by atoms with Crippen molar-refractivity contribution in [3.63, 3.8) is 0 Å². The average molecular weight is 467 g/mol. The fourth-order valence-corrected chi connectivity index (χ4v) is 3.92. The first-order chi connectivity index (χ1) is 15.7. The van der Waals surface area contributed by atoms with Gasteiger partial charge in [0.1, 0.15) is 5.69 Å². The number of likely N-dealkylation sites (tertiary alicyclic amines) is 1. The first-order valence-corrected chi connectivity index (χ1v) is 10.3. The van der Waals surface area contributed by atoms with E-state index >= 15 is 0 Å². The molecule has 2 saturated heterocycles. The number of rotatable bonds is 5. The van der Waals surface area contributed by atoms with Gasteiger partial charge in [0, 0.05) is 37.5 Å². The van der Waals surface area contributed by atoms with Gasteiger partial charge in [0.15, 0.2) is 0 Å². The highest BCUT2D eigenvalue weighted by atomic mass is 19.4. The molecule has 2 aliphatic heterocycles. The predicted octanol–water partition coefficient (Wildman–Crippen LogP) is 2.95. The van der Waals surface area contributed by atoms with Crippen molar-refractivity contribution >= 4 is 11.9 Å². The first kappa shape index (κ1) is 24.6. The van der Waals surface area contributed by atoms with Crippen LogP contribution in [0.4, 0.5) is 13.2 Å². The van der Waals surface area contributed by atoms with Crippen molar-refractivity contribution in [2.75, 3.05) is 26.3 Å². The average Bonchev–Trinajstić information content (AvgIpc) is 3.23. The summed E-state index contributed by atoms with van der Waals surface area (Å²) in [5, 5.41) is 7.12. The highest BCUT2D eigenvalue weighted by molar-refractivity contribution is 5.92. The minimum Gasteiger partial charge on any atom is -0.475 e. The Balaban J connectivity index is 0.000000383. The van der Waals surface area contributed by atoms with E-state index in [0.29, 0.717) is 32.0 Å². The molecule has 2 aliphatic rings. The van der Waals surface area contributed by atoms with Crippen LogP contribution in [-0.4, -0.2) is 70.4 Å². The molecule has 1 amide bonds. The minimum atomic E-state index is -5.08. The van der Waals surface area contributed by atoms with Crippen molar-refractivity contribution in [3.8, 4) is 0 Å². The van der Waals surface area contributed by atoms with Crippen LogP contribution in [0.25, 0.3) is 0 Å². The molecule has 0 aromatic carbocycles. The van der Waals surface area contributed by atoms with Gasteiger partial charge >= 0.3 is 12.1 Å². The van der Waals surface area contributed by atoms with Crippen LogP contribution in [0.2, 0.25) is 0 Å². The zero-order valence-electron chi connectivity index (χ0n) is 17.7. The lowest BCUT2D eigenvalue weighted by molar-refractivity contribution is -0.192. The van der Waals surface area contributed by atoms with E-state index in [4.69, 9.17) is 19.4 Å². The zero-order valence-corrected chi connectivity index (χ0v) is 17.7. The van der Waals surface area contributed by atoms with Crippen LogP contribution in [0.15, 0.2) is 48.8 Å². The maximum Gasteiger partial charge on any atom is 0.490 e. The number of carbonyl (C=O) groups is 2. The van der Waals surface area contributed by atoms with Crippen molar-refractivity contribution in [2.45, 2.75) is 31.7 Å². The van der Waals surface area contributed by atoms with Crippen LogP contribution >= 0.6 is 0 Å². The number of amides is 1. The normalized spacial score (nSPS) is 22.2. The van der Waals surface area contributed by atoms with Crippen LogP contribution in [-0.2, 0) is 20.9 Å². The molecule has 33 heavy (non-hydrogen) atoms. The van der Waals surface area contributed by atoms with Gasteiger partial charge in [-0.15, -0.1) is 0 Å². The molecular weight excluding hydrogens is 443 g/mol. The van der Waals surface area contributed by atoms with E-state index in [9.17, 15) is 18.0 Å². The standard InChI is InChI=1S/C20H23N3O3.C2HF3O2/c24-19(17-6-2-4-10-22-17)23-11-7-18-20(14-23,8-12-26-18)15-25-13-16-5-1-3-9-21-16;3-2(4,5)1(6)7/h1-6,9-10,18H,7-8,11-15H2;(H,6,7)/t18-,20+;/m1./s1. The first-order valence-electron chi connectivity index (χ1n) is 10.3. The van der Waals surface area contributed by atoms with Crippen LogP contribution in [0.3, 0.4) is 0 Å². The van der Waals surface area contributed by atoms with E-state index < -0.39 is 12.1 Å². The maximum absolute atomic E-state index is 12.8. The maximum atomic E-state index is 12.8. The van der Waals surface area contributed by atoms with Gasteiger partial charge in [-0.25, -0.2) is 4.79 Å². The van der Waals surface area contributed by atoms with Crippen molar-refractivity contribution in [1.82, 2.24) is 14.9 Å². The fourth-order valence-electron chi connectivity index (χ4n) is 3.92. The molecule has 2 aromatic heterocycles. The van der Waals surface area contributed by atoms with Crippen molar-refractivity contribution in [1.29, 1.82) is 0 Å². The number of halogens is 3. The summed E-state index contributed by atoms with van der Waals surface area (Å²) < 4.78 is 43.7. The summed E-state index contributed by atoms with van der Waals surface area (Å²) >= 11 is 0. The van der Waals surface area contributed by atoms with Crippen molar-refractivity contribution in [2.24, 2.45) is 5.41 Å². The van der Waals surface area contributed by atoms with Gasteiger partial charge in [-0.1, -0.05) is 12.1 Å². The molecule has 0 radical (unpaired) electrons. The molecule has 0 unspecified atom stereocenters. The Bertz CT molecular complexity index is 930. The number of fused-ring (bicyclic) bond motifs is 1. The third-order valence-electron chi connectivity index (χ3n) is 5.55. The molecule has 4 heterocycles. The van der Waals surface area contributed by atoms with Gasteiger partial charge in [0.25, 0.3) is 5.91 Å². The summed E-state index contributed by atoms with van der Waals surface area (Å²) in [5.74, 6) is -2.77. The molecular formula is C22H24F3N3O5. The number of alkyl halides is 3. The number of carboxylic acid groups (broad SMARTS) is 1. The summed E-state index contributed by atoms with van der Waals surface area (Å²) in [7, 11) is 0. The molecule has 0 saturated carbocycles. The second kappa shape index (κ2) is 10.7. The Morgan fingerprint density at radius 1 is 1.18 bits per heavy atom. The number of aliphatic carboxylic acids is 1. The third-order valence-corrected chi connectivity index (χ3v) is 5.55. The van der Waals surface area contributed by atoms with Gasteiger partial charge < -0.3 is 19.5 Å². The van der Waals surface area contributed by atoms with Gasteiger partial charge in [-0.2, -0.15) is 13.2 Å². The lowest BCUT2D eigenvalue weighted by Crippen LogP contribution is -2.53. The number of pyridine rings is 2. The van der Waals surface area contributed by atoms with E-state index in [1.165, 1.54) is 0 Å². The van der Waals surface area contributed by atoms with Crippen LogP contribution < -0.4 is 0 Å². The van der Waals surface area contributed by atoms with E-state index in [1.54, 1.807) is 18.5 Å². The molecule has 4 rings (SSSR count). The minimum absolute atomic E-state index is 0.0138. The summed E-state index contributed by atoms with van der Waals surface area (Å²) in [6, 6.07) is 11.2. The lowest BCUT2D eigenvalue weighted by Gasteiger charge is -2.43. The van der Waals surface area contributed by atoms with E-state index in [0.717, 1.165) is 25.1 Å². The molecule has 8 nitrogen and oxygen atoms in total. The number of hydrogen-bond donors (Lipinski definition) is 1. The molecule has 0 aliphatic carbocycles. The molecule has 2 fully saturated rings. The van der Waals surface area contributed by atoms with Gasteiger partial charge in [-0.05, 0) is 37.1 Å². The summed E-state index contributed by atoms with van der Waals surface area (Å²) in [6.07, 6.45) is 0.243. The van der Waals surface area contributed by atoms with Crippen molar-refractivity contribution in [3.05, 3.63) is 60.2 Å². The van der Waals surface area contributed by atoms with Crippen LogP contribution in [0.1, 0.15) is 29.0 Å². The number of aromatic nitrogens is 2. The molecule has 2 aromatic rings. The quantitative estimate of drug-likeness (QED) is 0.721. The second-order valence-corrected chi connectivity index (χ2v) is 7.82. The Kier molecular flexibility index (Phi) is 7.98.